The van der Waals surface area contributed by atoms with Gasteiger partial charge in [-0.15, -0.1) is 0 Å². The summed E-state index contributed by atoms with van der Waals surface area (Å²) in [6, 6.07) is 6.14. The van der Waals surface area contributed by atoms with Crippen LogP contribution in [0.25, 0.3) is 0 Å². The first-order chi connectivity index (χ1) is 17.2. The fraction of sp³-hybridized carbons (Fsp3) is 0.500. The number of nitrogens with one attached hydrogen (secondary N) is 1. The largest absolute Gasteiger partial charge is 0.503 e. The number of hydrogen-bond acceptors (Lipinski definition) is 8. The minimum atomic E-state index is -0.970. The van der Waals surface area contributed by atoms with Crippen molar-refractivity contribution in [2.45, 2.75) is 64.4 Å². The molecule has 3 rings (SSSR count). The number of carbonyl (C=O) groups excluding carboxylic acids is 2. The maximum atomic E-state index is 13.4. The highest BCUT2D eigenvalue weighted by atomic mass is 19.1. The first kappa shape index (κ1) is 27.2. The molecule has 4 unspecified atom stereocenters. The minimum Gasteiger partial charge on any atom is -0.503 e. The summed E-state index contributed by atoms with van der Waals surface area (Å²) < 4.78 is 36.4. The summed E-state index contributed by atoms with van der Waals surface area (Å²) in [5.41, 5.74) is -0.259. The topological polar surface area (TPSA) is 116 Å². The molecule has 2 aromatic rings. The van der Waals surface area contributed by atoms with E-state index in [0.29, 0.717) is 25.2 Å². The molecule has 2 N–H and O–H groups in total. The second kappa shape index (κ2) is 12.5. The zero-order valence-electron chi connectivity index (χ0n) is 20.9. The fourth-order valence-electron chi connectivity index (χ4n) is 3.93. The van der Waals surface area contributed by atoms with E-state index in [4.69, 9.17) is 18.9 Å². The van der Waals surface area contributed by atoms with Crippen LogP contribution in [-0.2, 0) is 14.3 Å². The number of aromatic hydroxyl groups is 1. The molecule has 2 heterocycles. The molecule has 196 valence electrons. The number of benzene rings is 1. The van der Waals surface area contributed by atoms with Crippen LogP contribution in [0.15, 0.2) is 36.5 Å². The van der Waals surface area contributed by atoms with Crippen LogP contribution in [0.2, 0.25) is 0 Å². The van der Waals surface area contributed by atoms with Gasteiger partial charge in [-0.2, -0.15) is 0 Å². The third-order valence-electron chi connectivity index (χ3n) is 5.75. The van der Waals surface area contributed by atoms with Crippen molar-refractivity contribution < 1.29 is 38.0 Å². The van der Waals surface area contributed by atoms with Crippen LogP contribution in [0.4, 0.5) is 4.39 Å². The smallest absolute Gasteiger partial charge is 0.329 e. The van der Waals surface area contributed by atoms with Crippen LogP contribution >= 0.6 is 0 Å². The highest BCUT2D eigenvalue weighted by Gasteiger charge is 2.36. The van der Waals surface area contributed by atoms with Gasteiger partial charge in [0.2, 0.25) is 0 Å². The lowest BCUT2D eigenvalue weighted by molar-refractivity contribution is -0.163. The monoisotopic (exact) mass is 504 g/mol. The number of rotatable bonds is 8. The fourth-order valence-corrected chi connectivity index (χ4v) is 3.93. The summed E-state index contributed by atoms with van der Waals surface area (Å²) in [6.07, 6.45) is 0.833. The Morgan fingerprint density at radius 2 is 1.97 bits per heavy atom. The Labute approximate surface area is 209 Å². The molecule has 1 aliphatic rings. The predicted molar refractivity (Wildman–Crippen MR) is 129 cm³/mol. The predicted octanol–water partition coefficient (Wildman–Crippen LogP) is 3.64. The number of hydrogen-bond donors (Lipinski definition) is 2. The van der Waals surface area contributed by atoms with E-state index in [1.54, 1.807) is 6.92 Å². The van der Waals surface area contributed by atoms with Gasteiger partial charge in [0.25, 0.3) is 5.91 Å². The summed E-state index contributed by atoms with van der Waals surface area (Å²) in [4.78, 5) is 29.7. The van der Waals surface area contributed by atoms with Crippen molar-refractivity contribution in [1.82, 2.24) is 10.3 Å². The zero-order valence-corrected chi connectivity index (χ0v) is 20.9. The molecule has 1 aromatic heterocycles. The van der Waals surface area contributed by atoms with Crippen LogP contribution in [0, 0.1) is 11.7 Å². The number of methoxy groups -OCH3 is 1. The summed E-state index contributed by atoms with van der Waals surface area (Å²) in [5.74, 6) is -1.35. The van der Waals surface area contributed by atoms with Gasteiger partial charge in [0, 0.05) is 18.9 Å². The van der Waals surface area contributed by atoms with E-state index in [9.17, 15) is 19.1 Å². The van der Waals surface area contributed by atoms with E-state index in [2.05, 4.69) is 10.3 Å². The number of nitrogens with zero attached hydrogens (tertiary/aromatic N) is 1. The van der Waals surface area contributed by atoms with E-state index in [1.165, 1.54) is 43.6 Å². The SMILES string of the molecule is COc1ccnc(C(=O)NC2CCCC(Oc3ccc(F)cc3)C(OCC(C)C)C(C)OC2=O)c1O. The number of halogens is 1. The lowest BCUT2D eigenvalue weighted by Crippen LogP contribution is -2.46. The summed E-state index contributed by atoms with van der Waals surface area (Å²) in [5, 5.41) is 12.9. The molecular formula is C26H33FN2O7. The average molecular weight is 505 g/mol. The van der Waals surface area contributed by atoms with Crippen molar-refractivity contribution in [3.05, 3.63) is 48.0 Å². The van der Waals surface area contributed by atoms with Crippen molar-refractivity contribution in [3.63, 3.8) is 0 Å². The Balaban J connectivity index is 1.78. The second-order valence-electron chi connectivity index (χ2n) is 9.11. The third kappa shape index (κ3) is 7.07. The molecule has 36 heavy (non-hydrogen) atoms. The number of cyclic esters (lactones) is 1. The molecule has 0 radical (unpaired) electrons. The molecule has 4 atom stereocenters. The van der Waals surface area contributed by atoms with Gasteiger partial charge in [-0.1, -0.05) is 13.8 Å². The van der Waals surface area contributed by atoms with Gasteiger partial charge in [-0.3, -0.25) is 4.79 Å². The van der Waals surface area contributed by atoms with Gasteiger partial charge in [-0.05, 0) is 56.4 Å². The van der Waals surface area contributed by atoms with Gasteiger partial charge in [0.1, 0.15) is 35.9 Å². The van der Waals surface area contributed by atoms with Gasteiger partial charge < -0.3 is 29.4 Å². The number of esters is 1. The van der Waals surface area contributed by atoms with Crippen LogP contribution in [-0.4, -0.2) is 60.0 Å². The van der Waals surface area contributed by atoms with E-state index >= 15 is 0 Å². The molecule has 1 aromatic carbocycles. The molecule has 1 fully saturated rings. The van der Waals surface area contributed by atoms with Crippen LogP contribution in [0.1, 0.15) is 50.5 Å². The van der Waals surface area contributed by atoms with Gasteiger partial charge in [-0.25, -0.2) is 14.2 Å². The Morgan fingerprint density at radius 1 is 1.25 bits per heavy atom. The van der Waals surface area contributed by atoms with Crippen LogP contribution in [0.3, 0.4) is 0 Å². The highest BCUT2D eigenvalue weighted by Crippen LogP contribution is 2.28. The van der Waals surface area contributed by atoms with E-state index in [0.717, 1.165) is 0 Å². The molecule has 1 amide bonds. The Kier molecular flexibility index (Phi) is 9.46. The van der Waals surface area contributed by atoms with Crippen molar-refractivity contribution in [3.8, 4) is 17.2 Å². The molecule has 1 saturated heterocycles. The Bertz CT molecular complexity index is 1030. The minimum absolute atomic E-state index is 0.0896. The van der Waals surface area contributed by atoms with E-state index in [-0.39, 0.29) is 29.6 Å². The van der Waals surface area contributed by atoms with Crippen molar-refractivity contribution in [1.29, 1.82) is 0 Å². The summed E-state index contributed by atoms with van der Waals surface area (Å²) in [7, 11) is 1.36. The summed E-state index contributed by atoms with van der Waals surface area (Å²) >= 11 is 0. The standard InChI is InChI=1S/C26H33FN2O7/c1-15(2)14-34-24-16(3)35-26(32)19(29-25(31)22-23(30)20(33-4)12-13-28-22)6-5-7-21(24)36-18-10-8-17(27)9-11-18/h8-13,15-16,19,21,24,30H,5-7,14H2,1-4H3,(H,29,31). The molecule has 0 aliphatic carbocycles. The first-order valence-electron chi connectivity index (χ1n) is 12.0. The molecule has 0 saturated carbocycles. The molecule has 1 aliphatic heterocycles. The summed E-state index contributed by atoms with van der Waals surface area (Å²) in [6.45, 7) is 6.16. The number of carbonyl (C=O) groups is 2. The Hall–Kier alpha value is -3.40. The average Bonchev–Trinajstić information content (AvgIpc) is 2.88. The van der Waals surface area contributed by atoms with Gasteiger partial charge >= 0.3 is 5.97 Å². The molecule has 0 spiro atoms. The number of amides is 1. The highest BCUT2D eigenvalue weighted by molar-refractivity contribution is 5.97. The zero-order chi connectivity index (χ0) is 26.2. The number of aromatic nitrogens is 1. The van der Waals surface area contributed by atoms with Gasteiger partial charge in [0.05, 0.1) is 7.11 Å². The van der Waals surface area contributed by atoms with Crippen molar-refractivity contribution >= 4 is 11.9 Å². The molecule has 10 heteroatoms. The third-order valence-corrected chi connectivity index (χ3v) is 5.75. The second-order valence-corrected chi connectivity index (χ2v) is 9.11. The maximum absolute atomic E-state index is 13.4. The van der Waals surface area contributed by atoms with Crippen LogP contribution < -0.4 is 14.8 Å². The van der Waals surface area contributed by atoms with Crippen molar-refractivity contribution in [2.24, 2.45) is 5.92 Å². The lowest BCUT2D eigenvalue weighted by atomic mass is 10.0. The molecular weight excluding hydrogens is 471 g/mol. The maximum Gasteiger partial charge on any atom is 0.329 e. The lowest BCUT2D eigenvalue weighted by Gasteiger charge is -2.32. The quantitative estimate of drug-likeness (QED) is 0.524. The first-order valence-corrected chi connectivity index (χ1v) is 12.0. The van der Waals surface area contributed by atoms with E-state index in [1.807, 2.05) is 13.8 Å². The van der Waals surface area contributed by atoms with E-state index < -0.39 is 42.0 Å². The number of ether oxygens (including phenoxy) is 4. The van der Waals surface area contributed by atoms with Crippen LogP contribution in [0.5, 0.6) is 17.2 Å². The number of pyridine rings is 1. The molecule has 9 nitrogen and oxygen atoms in total. The Morgan fingerprint density at radius 3 is 2.64 bits per heavy atom. The molecule has 0 bridgehead atoms. The van der Waals surface area contributed by atoms with Gasteiger partial charge in [0.15, 0.2) is 17.2 Å². The normalized spacial score (nSPS) is 22.7. The van der Waals surface area contributed by atoms with Crippen molar-refractivity contribution in [2.75, 3.05) is 13.7 Å².